The summed E-state index contributed by atoms with van der Waals surface area (Å²) in [5.41, 5.74) is 0. The van der Waals surface area contributed by atoms with Crippen molar-refractivity contribution in [3.63, 3.8) is 0 Å². The van der Waals surface area contributed by atoms with E-state index in [-0.39, 0.29) is 0 Å². The van der Waals surface area contributed by atoms with Crippen LogP contribution in [-0.4, -0.2) is 67.5 Å². The van der Waals surface area contributed by atoms with E-state index in [1.807, 2.05) is 0 Å². The Morgan fingerprint density at radius 2 is 1.94 bits per heavy atom. The summed E-state index contributed by atoms with van der Waals surface area (Å²) in [6.07, 6.45) is -4.76. The van der Waals surface area contributed by atoms with Crippen LogP contribution in [0.3, 0.4) is 0 Å². The zero-order valence-electron chi connectivity index (χ0n) is 8.00. The Hall–Kier alpha value is -0.0900. The van der Waals surface area contributed by atoms with Gasteiger partial charge in [0.05, 0.1) is 13.2 Å². The van der Waals surface area contributed by atoms with Crippen LogP contribution in [0, 0.1) is 0 Å². The summed E-state index contributed by atoms with van der Waals surface area (Å²) < 4.78 is 19.1. The van der Waals surface area contributed by atoms with Gasteiger partial charge in [-0.2, -0.15) is 0 Å². The lowest BCUT2D eigenvalue weighted by atomic mass is 10.1. The van der Waals surface area contributed by atoms with Crippen molar-refractivity contribution < 1.29 is 44.0 Å². The molecule has 6 N–H and O–H groups in total. The van der Waals surface area contributed by atoms with Gasteiger partial charge in [-0.3, -0.25) is 4.52 Å². The van der Waals surface area contributed by atoms with E-state index in [1.54, 1.807) is 0 Å². The Bertz CT molecular complexity index is 290. The molecule has 0 aromatic heterocycles. The Balaban J connectivity index is 2.61. The molecule has 1 fully saturated rings. The fourth-order valence-electron chi connectivity index (χ4n) is 1.31. The number of phosphoric ester groups is 1. The Morgan fingerprint density at radius 1 is 1.38 bits per heavy atom. The predicted octanol–water partition coefficient (Wildman–Crippen LogP) is -3.10. The van der Waals surface area contributed by atoms with E-state index in [0.717, 1.165) is 0 Å². The summed E-state index contributed by atoms with van der Waals surface area (Å²) in [4.78, 5) is 16.8. The SMILES string of the molecule is O=P(O)(O)OCC1OC(O)(CO)C(O)C1O. The molecule has 0 bridgehead atoms. The van der Waals surface area contributed by atoms with Crippen molar-refractivity contribution in [2.24, 2.45) is 0 Å². The largest absolute Gasteiger partial charge is 0.469 e. The van der Waals surface area contributed by atoms with E-state index in [9.17, 15) is 19.9 Å². The maximum absolute atomic E-state index is 10.4. The van der Waals surface area contributed by atoms with Gasteiger partial charge < -0.3 is 34.9 Å². The normalized spacial score (nSPS) is 40.2. The molecule has 96 valence electrons. The first-order valence-corrected chi connectivity index (χ1v) is 5.80. The van der Waals surface area contributed by atoms with Gasteiger partial charge in [0.1, 0.15) is 18.3 Å². The van der Waals surface area contributed by atoms with Crippen LogP contribution < -0.4 is 0 Å². The number of ether oxygens (including phenoxy) is 1. The summed E-state index contributed by atoms with van der Waals surface area (Å²) in [6, 6.07) is 0. The standard InChI is InChI=1S/C6H13O9P/c7-2-6(10)5(9)4(8)3(15-6)1-14-16(11,12)13/h3-5,7-10H,1-2H2,(H2,11,12,13). The van der Waals surface area contributed by atoms with Crippen LogP contribution in [0.1, 0.15) is 0 Å². The van der Waals surface area contributed by atoms with Crippen LogP contribution in [-0.2, 0) is 13.8 Å². The van der Waals surface area contributed by atoms with Gasteiger partial charge in [0, 0.05) is 0 Å². The molecule has 1 saturated heterocycles. The van der Waals surface area contributed by atoms with Crippen molar-refractivity contribution in [2.45, 2.75) is 24.1 Å². The molecule has 0 saturated carbocycles. The lowest BCUT2D eigenvalue weighted by Gasteiger charge is -2.22. The van der Waals surface area contributed by atoms with Crippen LogP contribution in [0.15, 0.2) is 0 Å². The lowest BCUT2D eigenvalue weighted by molar-refractivity contribution is -0.247. The van der Waals surface area contributed by atoms with Gasteiger partial charge in [-0.1, -0.05) is 0 Å². The Morgan fingerprint density at radius 3 is 2.31 bits per heavy atom. The predicted molar refractivity (Wildman–Crippen MR) is 46.9 cm³/mol. The van der Waals surface area contributed by atoms with E-state index in [2.05, 4.69) is 9.26 Å². The molecule has 1 rings (SSSR count). The fourth-order valence-corrected chi connectivity index (χ4v) is 1.65. The second-order valence-electron chi connectivity index (χ2n) is 3.38. The second-order valence-corrected chi connectivity index (χ2v) is 4.62. The quantitative estimate of drug-likeness (QED) is 0.288. The molecular weight excluding hydrogens is 247 g/mol. The minimum absolute atomic E-state index is 0.731. The summed E-state index contributed by atoms with van der Waals surface area (Å²) >= 11 is 0. The average molecular weight is 260 g/mol. The molecule has 0 amide bonds. The van der Waals surface area contributed by atoms with Gasteiger partial charge in [-0.15, -0.1) is 0 Å². The summed E-state index contributed by atoms with van der Waals surface area (Å²) in [7, 11) is -4.73. The molecule has 4 unspecified atom stereocenters. The molecule has 1 aliphatic rings. The van der Waals surface area contributed by atoms with E-state index in [1.165, 1.54) is 0 Å². The van der Waals surface area contributed by atoms with Crippen LogP contribution in [0.4, 0.5) is 0 Å². The second kappa shape index (κ2) is 4.65. The number of rotatable bonds is 4. The zero-order valence-corrected chi connectivity index (χ0v) is 8.90. The molecule has 0 radical (unpaired) electrons. The van der Waals surface area contributed by atoms with Crippen LogP contribution in [0.25, 0.3) is 0 Å². The summed E-state index contributed by atoms with van der Waals surface area (Å²) in [5, 5.41) is 36.7. The van der Waals surface area contributed by atoms with Gasteiger partial charge >= 0.3 is 7.82 Å². The van der Waals surface area contributed by atoms with E-state index < -0.39 is 45.1 Å². The average Bonchev–Trinajstić information content (AvgIpc) is 2.40. The molecular formula is C6H13O9P. The number of aliphatic hydroxyl groups is 4. The highest BCUT2D eigenvalue weighted by molar-refractivity contribution is 7.46. The molecule has 4 atom stereocenters. The number of aliphatic hydroxyl groups excluding tert-OH is 3. The first-order chi connectivity index (χ1) is 7.19. The monoisotopic (exact) mass is 260 g/mol. The molecule has 0 aromatic carbocycles. The molecule has 1 heterocycles. The summed E-state index contributed by atoms with van der Waals surface area (Å²) in [5.74, 6) is -2.36. The molecule has 9 nitrogen and oxygen atoms in total. The Kier molecular flexibility index (Phi) is 4.06. The van der Waals surface area contributed by atoms with Crippen molar-refractivity contribution in [3.8, 4) is 0 Å². The molecule has 1 aliphatic heterocycles. The molecule has 0 spiro atoms. The van der Waals surface area contributed by atoms with E-state index in [4.69, 9.17) is 14.9 Å². The molecule has 0 aliphatic carbocycles. The number of hydrogen-bond acceptors (Lipinski definition) is 7. The third-order valence-electron chi connectivity index (χ3n) is 2.16. The van der Waals surface area contributed by atoms with Gasteiger partial charge in [-0.25, -0.2) is 4.57 Å². The maximum Gasteiger partial charge on any atom is 0.469 e. The highest BCUT2D eigenvalue weighted by Crippen LogP contribution is 2.38. The van der Waals surface area contributed by atoms with Crippen LogP contribution in [0.5, 0.6) is 0 Å². The van der Waals surface area contributed by atoms with Gasteiger partial charge in [0.25, 0.3) is 0 Å². The minimum Gasteiger partial charge on any atom is -0.391 e. The maximum atomic E-state index is 10.4. The third kappa shape index (κ3) is 2.98. The number of hydrogen-bond donors (Lipinski definition) is 6. The first-order valence-electron chi connectivity index (χ1n) is 4.27. The van der Waals surface area contributed by atoms with Crippen LogP contribution in [0.2, 0.25) is 0 Å². The third-order valence-corrected chi connectivity index (χ3v) is 2.64. The van der Waals surface area contributed by atoms with Crippen LogP contribution >= 0.6 is 7.82 Å². The topological polar surface area (TPSA) is 157 Å². The van der Waals surface area contributed by atoms with Gasteiger partial charge in [0.2, 0.25) is 5.79 Å². The first kappa shape index (κ1) is 14.0. The lowest BCUT2D eigenvalue weighted by Crippen LogP contribution is -2.46. The van der Waals surface area contributed by atoms with Crippen molar-refractivity contribution >= 4 is 7.82 Å². The molecule has 10 heteroatoms. The molecule has 0 aromatic rings. The smallest absolute Gasteiger partial charge is 0.391 e. The highest BCUT2D eigenvalue weighted by Gasteiger charge is 2.53. The number of phosphoric acid groups is 1. The summed E-state index contributed by atoms with van der Waals surface area (Å²) in [6.45, 7) is -1.71. The van der Waals surface area contributed by atoms with Gasteiger partial charge in [0.15, 0.2) is 0 Å². The van der Waals surface area contributed by atoms with Crippen molar-refractivity contribution in [2.75, 3.05) is 13.2 Å². The highest BCUT2D eigenvalue weighted by atomic mass is 31.2. The van der Waals surface area contributed by atoms with Crippen molar-refractivity contribution in [3.05, 3.63) is 0 Å². The fraction of sp³-hybridized carbons (Fsp3) is 1.00. The van der Waals surface area contributed by atoms with Crippen molar-refractivity contribution in [1.29, 1.82) is 0 Å². The van der Waals surface area contributed by atoms with E-state index in [0.29, 0.717) is 0 Å². The Labute approximate surface area is 90.1 Å². The van der Waals surface area contributed by atoms with Gasteiger partial charge in [-0.05, 0) is 0 Å². The zero-order chi connectivity index (χ0) is 12.6. The van der Waals surface area contributed by atoms with Crippen molar-refractivity contribution in [1.82, 2.24) is 0 Å². The minimum atomic E-state index is -4.73. The van der Waals surface area contributed by atoms with E-state index >= 15 is 0 Å². The molecule has 16 heavy (non-hydrogen) atoms.